The fourth-order valence-electron chi connectivity index (χ4n) is 13.4. The van der Waals surface area contributed by atoms with Crippen molar-refractivity contribution in [2.45, 2.75) is 477 Å². The van der Waals surface area contributed by atoms with Crippen molar-refractivity contribution < 1.29 is 80.2 Å². The van der Waals surface area contributed by atoms with Crippen LogP contribution in [0.25, 0.3) is 0 Å². The molecule has 17 nitrogen and oxygen atoms in total. The van der Waals surface area contributed by atoms with E-state index in [0.717, 1.165) is 102 Å². The minimum Gasteiger partial charge on any atom is -0.462 e. The molecule has 0 rings (SSSR count). The number of rotatable bonds is 85. The molecule has 0 aliphatic rings. The van der Waals surface area contributed by atoms with Crippen LogP contribution in [0.1, 0.15) is 459 Å². The summed E-state index contributed by atoms with van der Waals surface area (Å²) in [6.45, 7) is 9.72. The number of hydrogen-bond acceptors (Lipinski definition) is 15. The molecule has 0 aliphatic heterocycles. The third-order valence-corrected chi connectivity index (χ3v) is 22.1. The lowest BCUT2D eigenvalue weighted by molar-refractivity contribution is -0.161. The van der Waals surface area contributed by atoms with Gasteiger partial charge in [0.2, 0.25) is 0 Å². The molecule has 2 unspecified atom stereocenters. The van der Waals surface area contributed by atoms with Crippen molar-refractivity contribution in [3.05, 3.63) is 0 Å². The Bertz CT molecular complexity index is 2010. The summed E-state index contributed by atoms with van der Waals surface area (Å²) >= 11 is 0. The van der Waals surface area contributed by atoms with Crippen LogP contribution < -0.4 is 0 Å². The lowest BCUT2D eigenvalue weighted by Crippen LogP contribution is -2.30. The summed E-state index contributed by atoms with van der Waals surface area (Å²) in [6.07, 6.45) is 69.3. The number of aliphatic hydroxyl groups excluding tert-OH is 1. The molecule has 0 aromatic rings. The van der Waals surface area contributed by atoms with Crippen LogP contribution in [0, 0.1) is 11.8 Å². The third-order valence-electron chi connectivity index (χ3n) is 20.2. The number of ether oxygens (including phenoxy) is 4. The van der Waals surface area contributed by atoms with Crippen LogP contribution in [0.4, 0.5) is 0 Å². The molecule has 105 heavy (non-hydrogen) atoms. The molecule has 19 heteroatoms. The first-order valence-electron chi connectivity index (χ1n) is 44.5. The average molecular weight is 1540 g/mol. The summed E-state index contributed by atoms with van der Waals surface area (Å²) in [5, 5.41) is 10.7. The molecule has 0 heterocycles. The molecule has 0 saturated carbocycles. The van der Waals surface area contributed by atoms with E-state index in [1.807, 2.05) is 0 Å². The van der Waals surface area contributed by atoms with Gasteiger partial charge < -0.3 is 33.8 Å². The molecule has 0 amide bonds. The molecule has 0 spiro atoms. The van der Waals surface area contributed by atoms with Gasteiger partial charge in [0.1, 0.15) is 19.3 Å². The zero-order chi connectivity index (χ0) is 77.1. The smallest absolute Gasteiger partial charge is 0.462 e. The minimum absolute atomic E-state index is 0.108. The van der Waals surface area contributed by atoms with Crippen LogP contribution in [0.5, 0.6) is 0 Å². The molecule has 0 radical (unpaired) electrons. The molecule has 0 fully saturated rings. The SMILES string of the molecule is CCCCCCCCCCCCCCCCCCCCC(=O)OC[C@H](COP(=O)(O)OC[C@@H](O)COP(=O)(O)OC[C@@H](COC(=O)CCCCCCCCCCCCCCC)OC(=O)CCCCCCCCCCCCCCC(C)C)OC(=O)CCCCCCCCCCCCCCCCCCC(C)C. The van der Waals surface area contributed by atoms with E-state index in [2.05, 4.69) is 41.5 Å². The van der Waals surface area contributed by atoms with Crippen molar-refractivity contribution in [2.24, 2.45) is 11.8 Å². The summed E-state index contributed by atoms with van der Waals surface area (Å²) in [6, 6.07) is 0. The maximum Gasteiger partial charge on any atom is 0.472 e. The third kappa shape index (κ3) is 79.9. The largest absolute Gasteiger partial charge is 0.472 e. The van der Waals surface area contributed by atoms with Crippen molar-refractivity contribution in [2.75, 3.05) is 39.6 Å². The van der Waals surface area contributed by atoms with E-state index in [0.29, 0.717) is 25.7 Å². The predicted molar refractivity (Wildman–Crippen MR) is 432 cm³/mol. The first kappa shape index (κ1) is 103. The van der Waals surface area contributed by atoms with Gasteiger partial charge in [0.05, 0.1) is 26.4 Å². The summed E-state index contributed by atoms with van der Waals surface area (Å²) in [4.78, 5) is 73.3. The maximum atomic E-state index is 13.1. The second-order valence-corrected chi connectivity index (χ2v) is 34.8. The highest BCUT2D eigenvalue weighted by atomic mass is 31.2. The second-order valence-electron chi connectivity index (χ2n) is 31.9. The Morgan fingerprint density at radius 2 is 0.438 bits per heavy atom. The molecule has 624 valence electrons. The highest BCUT2D eigenvalue weighted by molar-refractivity contribution is 7.47. The van der Waals surface area contributed by atoms with Gasteiger partial charge in [0, 0.05) is 25.7 Å². The highest BCUT2D eigenvalue weighted by Crippen LogP contribution is 2.45. The van der Waals surface area contributed by atoms with E-state index in [4.69, 9.17) is 37.0 Å². The van der Waals surface area contributed by atoms with Gasteiger partial charge >= 0.3 is 39.5 Å². The van der Waals surface area contributed by atoms with E-state index in [-0.39, 0.29) is 25.7 Å². The number of carbonyl (C=O) groups excluding carboxylic acids is 4. The number of phosphoric ester groups is 2. The predicted octanol–water partition coefficient (Wildman–Crippen LogP) is 26.2. The Morgan fingerprint density at radius 3 is 0.648 bits per heavy atom. The number of carbonyl (C=O) groups is 4. The zero-order valence-electron chi connectivity index (χ0n) is 69.0. The molecule has 0 aromatic heterocycles. The quantitative estimate of drug-likeness (QED) is 0.0222. The van der Waals surface area contributed by atoms with Crippen LogP contribution in [-0.2, 0) is 65.4 Å². The molecule has 0 aromatic carbocycles. The molecule has 0 aliphatic carbocycles. The van der Waals surface area contributed by atoms with Crippen molar-refractivity contribution in [1.29, 1.82) is 0 Å². The molecular formula is C86H168O17P2. The van der Waals surface area contributed by atoms with Gasteiger partial charge in [0.15, 0.2) is 12.2 Å². The highest BCUT2D eigenvalue weighted by Gasteiger charge is 2.30. The van der Waals surface area contributed by atoms with Gasteiger partial charge in [-0.1, -0.05) is 408 Å². The Morgan fingerprint density at radius 1 is 0.257 bits per heavy atom. The minimum atomic E-state index is -4.97. The number of phosphoric acid groups is 2. The Kier molecular flexibility index (Phi) is 76.0. The first-order valence-corrected chi connectivity index (χ1v) is 47.5. The molecular weight excluding hydrogens is 1370 g/mol. The summed E-state index contributed by atoms with van der Waals surface area (Å²) < 4.78 is 68.9. The first-order chi connectivity index (χ1) is 50.9. The fraction of sp³-hybridized carbons (Fsp3) is 0.953. The van der Waals surface area contributed by atoms with E-state index >= 15 is 0 Å². The topological polar surface area (TPSA) is 237 Å². The van der Waals surface area contributed by atoms with Gasteiger partial charge in [-0.15, -0.1) is 0 Å². The number of aliphatic hydroxyl groups is 1. The fourth-order valence-corrected chi connectivity index (χ4v) is 15.0. The monoisotopic (exact) mass is 1540 g/mol. The van der Waals surface area contributed by atoms with Gasteiger partial charge in [-0.05, 0) is 37.5 Å². The molecule has 0 bridgehead atoms. The Balaban J connectivity index is 5.26. The number of hydrogen-bond donors (Lipinski definition) is 3. The second kappa shape index (κ2) is 77.4. The van der Waals surface area contributed by atoms with Crippen LogP contribution in [0.3, 0.4) is 0 Å². The van der Waals surface area contributed by atoms with E-state index in [9.17, 15) is 43.2 Å². The summed E-state index contributed by atoms with van der Waals surface area (Å²) in [5.41, 5.74) is 0. The number of esters is 4. The van der Waals surface area contributed by atoms with Crippen LogP contribution in [-0.4, -0.2) is 96.7 Å². The molecule has 0 saturated heterocycles. The van der Waals surface area contributed by atoms with Crippen molar-refractivity contribution in [1.82, 2.24) is 0 Å². The maximum absolute atomic E-state index is 13.1. The average Bonchev–Trinajstić information content (AvgIpc) is 0.911. The Hall–Kier alpha value is -1.94. The van der Waals surface area contributed by atoms with E-state index in [1.54, 1.807) is 0 Å². The normalized spacial score (nSPS) is 13.8. The zero-order valence-corrected chi connectivity index (χ0v) is 70.8. The van der Waals surface area contributed by atoms with Gasteiger partial charge in [-0.3, -0.25) is 37.3 Å². The van der Waals surface area contributed by atoms with Crippen molar-refractivity contribution in [3.8, 4) is 0 Å². The molecule has 5 atom stereocenters. The molecule has 3 N–H and O–H groups in total. The van der Waals surface area contributed by atoms with Gasteiger partial charge in [0.25, 0.3) is 0 Å². The van der Waals surface area contributed by atoms with E-state index in [1.165, 1.54) is 276 Å². The summed E-state index contributed by atoms with van der Waals surface area (Å²) in [7, 11) is -9.93. The van der Waals surface area contributed by atoms with Crippen molar-refractivity contribution >= 4 is 39.5 Å². The summed E-state index contributed by atoms with van der Waals surface area (Å²) in [5.74, 6) is -0.514. The number of unbranched alkanes of at least 4 members (excludes halogenated alkanes) is 55. The lowest BCUT2D eigenvalue weighted by Gasteiger charge is -2.21. The standard InChI is InChI=1S/C86H168O17P2/c1-7-9-11-13-15-17-19-21-22-23-24-28-32-39-45-51-57-63-69-84(89)97-75-81(102-85(90)70-64-58-52-46-40-33-29-26-25-27-31-36-42-48-54-60-66-78(3)4)76-100-104(92,93)98-72-80(87)73-99-105(94,95)101-77-82(74-96-83(88)68-62-56-50-44-38-30-20-18-16-14-12-10-8-2)103-86(91)71-65-59-53-47-41-35-34-37-43-49-55-61-67-79(5)6/h78-82,87H,7-77H2,1-6H3,(H,92,93)(H,94,95)/t80-,81-,82-/m1/s1. The van der Waals surface area contributed by atoms with Gasteiger partial charge in [-0.25, -0.2) is 9.13 Å². The van der Waals surface area contributed by atoms with Crippen LogP contribution in [0.15, 0.2) is 0 Å². The van der Waals surface area contributed by atoms with Crippen molar-refractivity contribution in [3.63, 3.8) is 0 Å². The van der Waals surface area contributed by atoms with Gasteiger partial charge in [-0.2, -0.15) is 0 Å². The van der Waals surface area contributed by atoms with Crippen LogP contribution >= 0.6 is 15.6 Å². The van der Waals surface area contributed by atoms with E-state index < -0.39 is 97.5 Å². The van der Waals surface area contributed by atoms with Crippen LogP contribution in [0.2, 0.25) is 0 Å². The Labute approximate surface area is 645 Å². The lowest BCUT2D eigenvalue weighted by atomic mass is 10.0.